The second-order valence-electron chi connectivity index (χ2n) is 10.6. The first-order chi connectivity index (χ1) is 18.2. The zero-order chi connectivity index (χ0) is 27.2. The molecule has 1 saturated heterocycles. The summed E-state index contributed by atoms with van der Waals surface area (Å²) in [6, 6.07) is 15.3. The standard InChI is InChI=1S/C29H31N5O4/c1-17(2)12-24(33(3)26(35)23-13-19-21(31-23)10-7-11-25(19)38-4)27(36)34-16-29(14-18(34)15-30)20-8-5-6-9-22(20)32-28(29)37/h5-11,13,17-18,24,31H,12,14,16H2,1-4H3,(H,32,37)/t18-,24-,29-/m0/s1. The number of nitrogens with zero attached hydrogens (tertiary/aromatic N) is 3. The molecule has 0 bridgehead atoms. The molecule has 196 valence electrons. The highest BCUT2D eigenvalue weighted by molar-refractivity contribution is 6.07. The first-order valence-electron chi connectivity index (χ1n) is 12.7. The second kappa shape index (κ2) is 9.53. The van der Waals surface area contributed by atoms with Gasteiger partial charge in [0.1, 0.15) is 23.5 Å². The number of nitriles is 1. The monoisotopic (exact) mass is 513 g/mol. The van der Waals surface area contributed by atoms with Gasteiger partial charge in [-0.1, -0.05) is 38.1 Å². The van der Waals surface area contributed by atoms with Crippen molar-refractivity contribution in [2.45, 2.75) is 44.2 Å². The van der Waals surface area contributed by atoms with Gasteiger partial charge in [0.15, 0.2) is 0 Å². The van der Waals surface area contributed by atoms with Crippen molar-refractivity contribution in [3.8, 4) is 11.8 Å². The number of hydrogen-bond acceptors (Lipinski definition) is 5. The number of fused-ring (bicyclic) bond motifs is 3. The van der Waals surface area contributed by atoms with Crippen molar-refractivity contribution in [3.05, 3.63) is 59.8 Å². The number of benzene rings is 2. The first-order valence-corrected chi connectivity index (χ1v) is 12.7. The number of likely N-dealkylation sites (tertiary alicyclic amines) is 1. The molecule has 1 aromatic heterocycles. The average Bonchev–Trinajstić information content (AvgIpc) is 3.60. The van der Waals surface area contributed by atoms with Crippen molar-refractivity contribution in [3.63, 3.8) is 0 Å². The molecular formula is C29H31N5O4. The van der Waals surface area contributed by atoms with Gasteiger partial charge in [-0.3, -0.25) is 14.4 Å². The Balaban J connectivity index is 1.46. The summed E-state index contributed by atoms with van der Waals surface area (Å²) < 4.78 is 5.42. The number of nitrogens with one attached hydrogen (secondary N) is 2. The maximum Gasteiger partial charge on any atom is 0.270 e. The largest absolute Gasteiger partial charge is 0.496 e. The number of aromatic amines is 1. The number of anilines is 1. The van der Waals surface area contributed by atoms with Crippen LogP contribution in [0.1, 0.15) is 42.7 Å². The molecule has 1 fully saturated rings. The van der Waals surface area contributed by atoms with Crippen LogP contribution in [0, 0.1) is 17.2 Å². The van der Waals surface area contributed by atoms with Crippen LogP contribution in [0.25, 0.3) is 10.9 Å². The molecule has 2 aliphatic heterocycles. The zero-order valence-electron chi connectivity index (χ0n) is 21.9. The molecule has 3 amide bonds. The van der Waals surface area contributed by atoms with Crippen LogP contribution in [0.4, 0.5) is 5.69 Å². The van der Waals surface area contributed by atoms with E-state index in [0.29, 0.717) is 23.6 Å². The van der Waals surface area contributed by atoms with Gasteiger partial charge in [-0.15, -0.1) is 0 Å². The summed E-state index contributed by atoms with van der Waals surface area (Å²) >= 11 is 0. The van der Waals surface area contributed by atoms with Gasteiger partial charge in [-0.05, 0) is 42.2 Å². The molecule has 9 nitrogen and oxygen atoms in total. The maximum absolute atomic E-state index is 14.1. The molecule has 3 atom stereocenters. The van der Waals surface area contributed by atoms with E-state index in [-0.39, 0.29) is 36.6 Å². The number of rotatable bonds is 6. The number of likely N-dealkylation sites (N-methyl/N-ethyl adjacent to an activating group) is 1. The van der Waals surface area contributed by atoms with E-state index in [9.17, 15) is 19.6 Å². The highest BCUT2D eigenvalue weighted by Gasteiger charge is 2.56. The Kier molecular flexibility index (Phi) is 6.35. The summed E-state index contributed by atoms with van der Waals surface area (Å²) in [5.74, 6) is -0.122. The summed E-state index contributed by atoms with van der Waals surface area (Å²) in [7, 11) is 3.19. The number of carbonyl (C=O) groups is 3. The highest BCUT2D eigenvalue weighted by Crippen LogP contribution is 2.46. The molecule has 0 radical (unpaired) electrons. The van der Waals surface area contributed by atoms with Crippen LogP contribution in [0.15, 0.2) is 48.5 Å². The topological polar surface area (TPSA) is 119 Å². The molecule has 1 spiro atoms. The van der Waals surface area contributed by atoms with Gasteiger partial charge in [0.2, 0.25) is 11.8 Å². The average molecular weight is 514 g/mol. The van der Waals surface area contributed by atoms with E-state index in [1.54, 1.807) is 20.2 Å². The Morgan fingerprint density at radius 2 is 2.00 bits per heavy atom. The molecular weight excluding hydrogens is 482 g/mol. The van der Waals surface area contributed by atoms with Crippen molar-refractivity contribution < 1.29 is 19.1 Å². The Morgan fingerprint density at radius 1 is 1.24 bits per heavy atom. The van der Waals surface area contributed by atoms with Crippen LogP contribution in [-0.2, 0) is 15.0 Å². The van der Waals surface area contributed by atoms with Gasteiger partial charge in [0.05, 0.1) is 18.6 Å². The lowest BCUT2D eigenvalue weighted by Crippen LogP contribution is -2.52. The summed E-state index contributed by atoms with van der Waals surface area (Å²) in [5.41, 5.74) is 1.63. The van der Waals surface area contributed by atoms with E-state index in [0.717, 1.165) is 16.5 Å². The molecule has 0 saturated carbocycles. The summed E-state index contributed by atoms with van der Waals surface area (Å²) in [6.45, 7) is 4.06. The lowest BCUT2D eigenvalue weighted by atomic mass is 9.80. The third kappa shape index (κ3) is 3.97. The van der Waals surface area contributed by atoms with Gasteiger partial charge in [0.25, 0.3) is 5.91 Å². The molecule has 3 heterocycles. The first kappa shape index (κ1) is 25.3. The maximum atomic E-state index is 14.1. The van der Waals surface area contributed by atoms with E-state index < -0.39 is 17.5 Å². The van der Waals surface area contributed by atoms with Crippen LogP contribution >= 0.6 is 0 Å². The molecule has 0 aliphatic carbocycles. The lowest BCUT2D eigenvalue weighted by molar-refractivity contribution is -0.136. The molecule has 2 aliphatic rings. The predicted molar refractivity (Wildman–Crippen MR) is 143 cm³/mol. The van der Waals surface area contributed by atoms with Crippen LogP contribution in [0.3, 0.4) is 0 Å². The van der Waals surface area contributed by atoms with Crippen LogP contribution in [0.5, 0.6) is 5.75 Å². The number of carbonyl (C=O) groups excluding carboxylic acids is 3. The lowest BCUT2D eigenvalue weighted by Gasteiger charge is -2.33. The van der Waals surface area contributed by atoms with Crippen molar-refractivity contribution in [2.24, 2.45) is 5.92 Å². The zero-order valence-corrected chi connectivity index (χ0v) is 21.9. The minimum Gasteiger partial charge on any atom is -0.496 e. The normalized spacial score (nSPS) is 20.9. The Morgan fingerprint density at radius 3 is 2.71 bits per heavy atom. The number of amides is 3. The molecule has 2 N–H and O–H groups in total. The van der Waals surface area contributed by atoms with E-state index in [1.165, 1.54) is 9.80 Å². The van der Waals surface area contributed by atoms with Crippen LogP contribution < -0.4 is 10.1 Å². The molecule has 38 heavy (non-hydrogen) atoms. The van der Waals surface area contributed by atoms with Gasteiger partial charge < -0.3 is 24.8 Å². The molecule has 2 aromatic carbocycles. The second-order valence-corrected chi connectivity index (χ2v) is 10.6. The summed E-state index contributed by atoms with van der Waals surface area (Å²) in [4.78, 5) is 46.9. The Hall–Kier alpha value is -4.32. The van der Waals surface area contributed by atoms with E-state index in [2.05, 4.69) is 16.4 Å². The van der Waals surface area contributed by atoms with Gasteiger partial charge in [-0.2, -0.15) is 5.26 Å². The summed E-state index contributed by atoms with van der Waals surface area (Å²) in [6.07, 6.45) is 0.626. The molecule has 5 rings (SSSR count). The molecule has 9 heteroatoms. The fourth-order valence-corrected chi connectivity index (χ4v) is 5.80. The number of aromatic nitrogens is 1. The highest BCUT2D eigenvalue weighted by atomic mass is 16.5. The SMILES string of the molecule is COc1cccc2[nH]c(C(=O)N(C)[C@@H](CC(C)C)C(=O)N3C[C@]4(C[C@H]3C#N)C(=O)Nc3ccccc34)cc12. The minimum atomic E-state index is -0.981. The van der Waals surface area contributed by atoms with E-state index in [4.69, 9.17) is 4.74 Å². The number of hydrogen-bond donors (Lipinski definition) is 2. The quantitative estimate of drug-likeness (QED) is 0.521. The molecule has 3 aromatic rings. The van der Waals surface area contributed by atoms with Gasteiger partial charge in [0, 0.05) is 36.6 Å². The van der Waals surface area contributed by atoms with E-state index >= 15 is 0 Å². The van der Waals surface area contributed by atoms with Crippen LogP contribution in [-0.4, -0.2) is 65.3 Å². The van der Waals surface area contributed by atoms with E-state index in [1.807, 2.05) is 56.3 Å². The van der Waals surface area contributed by atoms with Crippen LogP contribution in [0.2, 0.25) is 0 Å². The van der Waals surface area contributed by atoms with Crippen molar-refractivity contribution in [1.29, 1.82) is 5.26 Å². The Bertz CT molecular complexity index is 1470. The van der Waals surface area contributed by atoms with Crippen molar-refractivity contribution >= 4 is 34.3 Å². The Labute approximate surface area is 221 Å². The molecule has 0 unspecified atom stereocenters. The number of para-hydroxylation sites is 1. The fourth-order valence-electron chi connectivity index (χ4n) is 5.80. The van der Waals surface area contributed by atoms with Crippen molar-refractivity contribution in [2.75, 3.05) is 26.0 Å². The van der Waals surface area contributed by atoms with Gasteiger partial charge >= 0.3 is 0 Å². The van der Waals surface area contributed by atoms with Crippen molar-refractivity contribution in [1.82, 2.24) is 14.8 Å². The fraction of sp³-hybridized carbons (Fsp3) is 0.379. The number of methoxy groups -OCH3 is 1. The van der Waals surface area contributed by atoms with Gasteiger partial charge in [-0.25, -0.2) is 0 Å². The third-order valence-electron chi connectivity index (χ3n) is 7.76. The minimum absolute atomic E-state index is 0.0904. The smallest absolute Gasteiger partial charge is 0.270 e. The summed E-state index contributed by atoms with van der Waals surface area (Å²) in [5, 5.41) is 13.7. The predicted octanol–water partition coefficient (Wildman–Crippen LogP) is 3.68. The third-order valence-corrected chi connectivity index (χ3v) is 7.76. The number of H-pyrrole nitrogens is 1. The number of ether oxygens (including phenoxy) is 1.